The van der Waals surface area contributed by atoms with Crippen molar-refractivity contribution in [2.24, 2.45) is 11.7 Å². The number of rotatable bonds is 7. The maximum atomic E-state index is 12.7. The molecule has 2 aliphatic heterocycles. The number of hydrogen-bond acceptors (Lipinski definition) is 13. The second kappa shape index (κ2) is 10.4. The van der Waals surface area contributed by atoms with Crippen LogP contribution in [0.5, 0.6) is 0 Å². The van der Waals surface area contributed by atoms with E-state index in [1.54, 1.807) is 13.8 Å². The summed E-state index contributed by atoms with van der Waals surface area (Å²) in [6.45, 7) is 4.29. The normalized spacial score (nSPS) is 25.8. The molecule has 5 atom stereocenters. The van der Waals surface area contributed by atoms with Crippen LogP contribution in [0.2, 0.25) is 0 Å². The Morgan fingerprint density at radius 1 is 1.12 bits per heavy atom. The van der Waals surface area contributed by atoms with Crippen LogP contribution >= 0.6 is 0 Å². The standard InChI is InChI=1S/C20H24N4O10/c1-9(2)18(27)34-23-12-6-7-24(20(29)22-12)17-16-15(32-13(25)4-5-14(26)33-16)11(31-17)8-30-19(28)10(3)21/h4-7,9-11,15-17H,8,21H2,1-3H3,(H,22,23,29)/b5-4-/t10-,11-,15?,16-,17-/m1/s1. The van der Waals surface area contributed by atoms with Crippen molar-refractivity contribution >= 4 is 29.7 Å². The summed E-state index contributed by atoms with van der Waals surface area (Å²) in [5.41, 5.74) is 6.90. The van der Waals surface area contributed by atoms with Crippen molar-refractivity contribution in [3.8, 4) is 0 Å². The van der Waals surface area contributed by atoms with Gasteiger partial charge in [-0.3, -0.25) is 9.36 Å². The van der Waals surface area contributed by atoms with Gasteiger partial charge in [0.2, 0.25) is 0 Å². The first-order valence-electron chi connectivity index (χ1n) is 10.3. The number of esters is 3. The molecule has 3 N–H and O–H groups in total. The third kappa shape index (κ3) is 5.77. The Morgan fingerprint density at radius 2 is 1.76 bits per heavy atom. The summed E-state index contributed by atoms with van der Waals surface area (Å²) < 4.78 is 22.5. The number of carbonyl (C=O) groups excluding carboxylic acids is 4. The highest BCUT2D eigenvalue weighted by Crippen LogP contribution is 2.34. The summed E-state index contributed by atoms with van der Waals surface area (Å²) in [6, 6.07) is 0.401. The second-order valence-corrected chi connectivity index (χ2v) is 7.80. The van der Waals surface area contributed by atoms with Crippen molar-refractivity contribution in [1.29, 1.82) is 0 Å². The van der Waals surface area contributed by atoms with Crippen molar-refractivity contribution in [3.05, 3.63) is 34.9 Å². The molecule has 1 fully saturated rings. The maximum absolute atomic E-state index is 12.7. The molecule has 0 saturated carbocycles. The predicted molar refractivity (Wildman–Crippen MR) is 110 cm³/mol. The topological polar surface area (TPSA) is 187 Å². The highest BCUT2D eigenvalue weighted by atomic mass is 16.7. The number of ether oxygens (including phenoxy) is 4. The van der Waals surface area contributed by atoms with E-state index >= 15 is 0 Å². The van der Waals surface area contributed by atoms with Crippen LogP contribution in [-0.4, -0.2) is 64.4 Å². The Hall–Kier alpha value is -3.78. The van der Waals surface area contributed by atoms with E-state index in [1.807, 2.05) is 0 Å². The first-order valence-corrected chi connectivity index (χ1v) is 10.3. The van der Waals surface area contributed by atoms with Crippen molar-refractivity contribution in [3.63, 3.8) is 0 Å². The van der Waals surface area contributed by atoms with Gasteiger partial charge in [-0.25, -0.2) is 24.7 Å². The largest absolute Gasteiger partial charge is 0.462 e. The maximum Gasteiger partial charge on any atom is 0.351 e. The SMILES string of the molecule is CC(C)C(=O)ONc1ccn([C@@H]2O[C@H](COC(=O)[C@@H](C)N)C3OC(=O)/C=C\C(=O)O[C@H]32)c(=O)n1. The van der Waals surface area contributed by atoms with Crippen LogP contribution in [0.4, 0.5) is 5.82 Å². The number of nitrogens with one attached hydrogen (secondary N) is 1. The minimum absolute atomic E-state index is 0.0590. The lowest BCUT2D eigenvalue weighted by atomic mass is 10.1. The summed E-state index contributed by atoms with van der Waals surface area (Å²) in [5.74, 6) is -3.48. The highest BCUT2D eigenvalue weighted by Gasteiger charge is 2.51. The second-order valence-electron chi connectivity index (χ2n) is 7.80. The van der Waals surface area contributed by atoms with Crippen LogP contribution in [0.15, 0.2) is 29.2 Å². The molecule has 0 aliphatic carbocycles. The van der Waals surface area contributed by atoms with Gasteiger partial charge in [-0.2, -0.15) is 4.98 Å². The van der Waals surface area contributed by atoms with E-state index in [2.05, 4.69) is 10.5 Å². The molecule has 0 spiro atoms. The van der Waals surface area contributed by atoms with E-state index in [0.717, 1.165) is 16.7 Å². The fourth-order valence-corrected chi connectivity index (χ4v) is 3.00. The van der Waals surface area contributed by atoms with Crippen LogP contribution in [0.3, 0.4) is 0 Å². The van der Waals surface area contributed by atoms with Crippen molar-refractivity contribution in [2.75, 3.05) is 12.1 Å². The number of nitrogens with zero attached hydrogens (tertiary/aromatic N) is 2. The summed E-state index contributed by atoms with van der Waals surface area (Å²) >= 11 is 0. The molecular formula is C20H24N4O10. The number of fused-ring (bicyclic) bond motifs is 1. The Labute approximate surface area is 192 Å². The van der Waals surface area contributed by atoms with Gasteiger partial charge < -0.3 is 29.5 Å². The van der Waals surface area contributed by atoms with E-state index < -0.39 is 66.1 Å². The van der Waals surface area contributed by atoms with Gasteiger partial charge in [0.05, 0.1) is 5.92 Å². The quantitative estimate of drug-likeness (QED) is 0.274. The molecule has 0 amide bonds. The fraction of sp³-hybridized carbons (Fsp3) is 0.500. The average Bonchev–Trinajstić information content (AvgIpc) is 3.09. The summed E-state index contributed by atoms with van der Waals surface area (Å²) in [7, 11) is 0. The molecule has 1 unspecified atom stereocenters. The number of carbonyl (C=O) groups is 4. The summed E-state index contributed by atoms with van der Waals surface area (Å²) in [5, 5.41) is 0. The van der Waals surface area contributed by atoms with E-state index in [-0.39, 0.29) is 12.4 Å². The fourth-order valence-electron chi connectivity index (χ4n) is 3.00. The molecule has 1 saturated heterocycles. The van der Waals surface area contributed by atoms with Crippen LogP contribution in [0.25, 0.3) is 0 Å². The Kier molecular flexibility index (Phi) is 7.63. The Morgan fingerprint density at radius 3 is 2.35 bits per heavy atom. The molecular weight excluding hydrogens is 456 g/mol. The molecule has 184 valence electrons. The minimum Gasteiger partial charge on any atom is -0.462 e. The highest BCUT2D eigenvalue weighted by molar-refractivity contribution is 5.92. The van der Waals surface area contributed by atoms with E-state index in [4.69, 9.17) is 29.5 Å². The Bertz CT molecular complexity index is 1050. The molecule has 3 heterocycles. The van der Waals surface area contributed by atoms with Crippen molar-refractivity contribution in [1.82, 2.24) is 9.55 Å². The lowest BCUT2D eigenvalue weighted by Gasteiger charge is -2.25. The first kappa shape index (κ1) is 24.9. The third-order valence-corrected chi connectivity index (χ3v) is 4.74. The molecule has 3 rings (SSSR count). The zero-order valence-corrected chi connectivity index (χ0v) is 18.5. The van der Waals surface area contributed by atoms with E-state index in [9.17, 15) is 24.0 Å². The molecule has 2 aliphatic rings. The smallest absolute Gasteiger partial charge is 0.351 e. The molecule has 34 heavy (non-hydrogen) atoms. The zero-order chi connectivity index (χ0) is 25.0. The lowest BCUT2D eigenvalue weighted by molar-refractivity contribution is -0.165. The molecule has 1 aromatic heterocycles. The van der Waals surface area contributed by atoms with Gasteiger partial charge >= 0.3 is 29.6 Å². The van der Waals surface area contributed by atoms with Crippen LogP contribution in [-0.2, 0) is 43.0 Å². The zero-order valence-electron chi connectivity index (χ0n) is 18.5. The van der Waals surface area contributed by atoms with Gasteiger partial charge in [-0.1, -0.05) is 13.8 Å². The number of hydrogen-bond donors (Lipinski definition) is 2. The van der Waals surface area contributed by atoms with Crippen molar-refractivity contribution in [2.45, 2.75) is 51.4 Å². The third-order valence-electron chi connectivity index (χ3n) is 4.74. The molecule has 1 aromatic rings. The van der Waals surface area contributed by atoms with Crippen LogP contribution < -0.4 is 16.9 Å². The molecule has 0 bridgehead atoms. The average molecular weight is 480 g/mol. The van der Waals surface area contributed by atoms with E-state index in [1.165, 1.54) is 19.2 Å². The number of aromatic nitrogens is 2. The van der Waals surface area contributed by atoms with Gasteiger partial charge in [-0.15, -0.1) is 0 Å². The van der Waals surface area contributed by atoms with E-state index in [0.29, 0.717) is 0 Å². The monoisotopic (exact) mass is 480 g/mol. The van der Waals surface area contributed by atoms with Gasteiger partial charge in [0.1, 0.15) is 18.8 Å². The van der Waals surface area contributed by atoms with Gasteiger partial charge in [0, 0.05) is 24.4 Å². The van der Waals surface area contributed by atoms with Gasteiger partial charge in [0.15, 0.2) is 24.3 Å². The number of anilines is 1. The predicted octanol–water partition coefficient (Wildman–Crippen LogP) is -1.05. The van der Waals surface area contributed by atoms with Crippen LogP contribution in [0, 0.1) is 5.92 Å². The van der Waals surface area contributed by atoms with Gasteiger partial charge in [-0.05, 0) is 6.92 Å². The van der Waals surface area contributed by atoms with Gasteiger partial charge in [0.25, 0.3) is 0 Å². The Balaban J connectivity index is 1.85. The number of nitrogens with two attached hydrogens (primary N) is 1. The molecule has 14 nitrogen and oxygen atoms in total. The molecule has 14 heteroatoms. The summed E-state index contributed by atoms with van der Waals surface area (Å²) in [6.07, 6.45) is -1.83. The molecule has 0 radical (unpaired) electrons. The first-order chi connectivity index (χ1) is 16.1. The van der Waals surface area contributed by atoms with Crippen molar-refractivity contribution < 1.29 is 43.0 Å². The minimum atomic E-state index is -1.28. The lowest BCUT2D eigenvalue weighted by Crippen LogP contribution is -2.43. The molecule has 0 aromatic carbocycles. The summed E-state index contributed by atoms with van der Waals surface area (Å²) in [4.78, 5) is 68.7. The van der Waals surface area contributed by atoms with Crippen LogP contribution in [0.1, 0.15) is 27.0 Å².